The van der Waals surface area contributed by atoms with Crippen LogP contribution >= 0.6 is 11.6 Å². The van der Waals surface area contributed by atoms with E-state index in [0.717, 1.165) is 18.6 Å². The second-order valence-electron chi connectivity index (χ2n) is 6.39. The minimum absolute atomic E-state index is 0.0252. The van der Waals surface area contributed by atoms with Crippen LogP contribution in [0.3, 0.4) is 0 Å². The average molecular weight is 354 g/mol. The summed E-state index contributed by atoms with van der Waals surface area (Å²) < 4.78 is 5.92. The molecule has 1 unspecified atom stereocenters. The highest BCUT2D eigenvalue weighted by molar-refractivity contribution is 6.30. The average Bonchev–Trinajstić information content (AvgIpc) is 2.55. The molecule has 0 bridgehead atoms. The van der Waals surface area contributed by atoms with Gasteiger partial charge in [0.25, 0.3) is 0 Å². The van der Waals surface area contributed by atoms with Gasteiger partial charge in [-0.05, 0) is 36.6 Å². The molecule has 1 atom stereocenters. The number of hydrogen-bond donors (Lipinski definition) is 1. The summed E-state index contributed by atoms with van der Waals surface area (Å²) in [6.07, 6.45) is 2.87. The predicted octanol–water partition coefficient (Wildman–Crippen LogP) is 3.60. The van der Waals surface area contributed by atoms with E-state index in [1.165, 1.54) is 0 Å². The van der Waals surface area contributed by atoms with E-state index >= 15 is 0 Å². The van der Waals surface area contributed by atoms with Crippen LogP contribution in [0.5, 0.6) is 5.75 Å². The predicted molar refractivity (Wildman–Crippen MR) is 92.3 cm³/mol. The monoisotopic (exact) mass is 353 g/mol. The quantitative estimate of drug-likeness (QED) is 0.813. The maximum Gasteiger partial charge on any atom is 0.303 e. The normalized spacial score (nSPS) is 16.7. The summed E-state index contributed by atoms with van der Waals surface area (Å²) >= 11 is 5.86. The van der Waals surface area contributed by atoms with Crippen LogP contribution < -0.4 is 4.74 Å². The number of carbonyl (C=O) groups is 2. The fraction of sp³-hybridized carbons (Fsp3) is 0.556. The number of halogens is 1. The van der Waals surface area contributed by atoms with Crippen molar-refractivity contribution >= 4 is 23.5 Å². The van der Waals surface area contributed by atoms with Crippen molar-refractivity contribution in [1.82, 2.24) is 4.90 Å². The lowest BCUT2D eigenvalue weighted by Gasteiger charge is -2.32. The number of likely N-dealkylation sites (tertiary alicyclic amines) is 1. The highest BCUT2D eigenvalue weighted by atomic mass is 35.5. The Morgan fingerprint density at radius 2 is 1.92 bits per heavy atom. The molecule has 1 N–H and O–H groups in total. The Hall–Kier alpha value is -1.75. The molecule has 132 valence electrons. The molecule has 1 aliphatic rings. The molecule has 0 aromatic heterocycles. The second kappa shape index (κ2) is 8.92. The zero-order valence-electron chi connectivity index (χ0n) is 13.9. The van der Waals surface area contributed by atoms with Crippen LogP contribution in [0.25, 0.3) is 0 Å². The van der Waals surface area contributed by atoms with Gasteiger partial charge < -0.3 is 14.7 Å². The van der Waals surface area contributed by atoms with Gasteiger partial charge in [-0.3, -0.25) is 9.59 Å². The number of piperidine rings is 1. The molecule has 6 heteroatoms. The van der Waals surface area contributed by atoms with Gasteiger partial charge in [0.05, 0.1) is 0 Å². The van der Waals surface area contributed by atoms with Gasteiger partial charge in [0.2, 0.25) is 5.91 Å². The van der Waals surface area contributed by atoms with E-state index in [-0.39, 0.29) is 24.3 Å². The molecule has 2 rings (SSSR count). The number of benzene rings is 1. The molecule has 0 saturated carbocycles. The van der Waals surface area contributed by atoms with E-state index in [2.05, 4.69) is 0 Å². The minimum atomic E-state index is -0.810. The van der Waals surface area contributed by atoms with Gasteiger partial charge in [-0.1, -0.05) is 18.5 Å². The van der Waals surface area contributed by atoms with E-state index in [1.54, 1.807) is 12.1 Å². The molecule has 1 fully saturated rings. The van der Waals surface area contributed by atoms with Gasteiger partial charge in [-0.15, -0.1) is 0 Å². The van der Waals surface area contributed by atoms with E-state index in [4.69, 9.17) is 21.4 Å². The number of aliphatic carboxylic acids is 1. The van der Waals surface area contributed by atoms with E-state index < -0.39 is 5.97 Å². The third kappa shape index (κ3) is 6.04. The lowest BCUT2D eigenvalue weighted by molar-refractivity contribution is -0.139. The van der Waals surface area contributed by atoms with Crippen molar-refractivity contribution in [2.75, 3.05) is 13.1 Å². The first kappa shape index (κ1) is 18.6. The molecule has 24 heavy (non-hydrogen) atoms. The van der Waals surface area contributed by atoms with Gasteiger partial charge >= 0.3 is 5.97 Å². The Morgan fingerprint density at radius 1 is 1.29 bits per heavy atom. The Bertz CT molecular complexity index is 553. The van der Waals surface area contributed by atoms with Crippen molar-refractivity contribution < 1.29 is 19.4 Å². The summed E-state index contributed by atoms with van der Waals surface area (Å²) in [5, 5.41) is 9.43. The highest BCUT2D eigenvalue weighted by Crippen LogP contribution is 2.22. The van der Waals surface area contributed by atoms with Gasteiger partial charge in [-0.2, -0.15) is 0 Å². The Kier molecular flexibility index (Phi) is 6.91. The number of nitrogens with zero attached hydrogens (tertiary/aromatic N) is 1. The van der Waals surface area contributed by atoms with Crippen LogP contribution in [0.2, 0.25) is 5.02 Å². The van der Waals surface area contributed by atoms with Crippen LogP contribution in [0.4, 0.5) is 0 Å². The summed E-state index contributed by atoms with van der Waals surface area (Å²) in [5.41, 5.74) is 0. The first-order chi connectivity index (χ1) is 11.4. The van der Waals surface area contributed by atoms with Crippen LogP contribution in [-0.4, -0.2) is 41.1 Å². The zero-order valence-corrected chi connectivity index (χ0v) is 14.7. The molecular weight excluding hydrogens is 330 g/mol. The van der Waals surface area contributed by atoms with Crippen LogP contribution in [0.1, 0.15) is 39.0 Å². The van der Waals surface area contributed by atoms with Crippen LogP contribution in [-0.2, 0) is 9.59 Å². The van der Waals surface area contributed by atoms with Gasteiger partial charge in [-0.25, -0.2) is 0 Å². The molecule has 1 saturated heterocycles. The maximum atomic E-state index is 12.2. The Labute approximate surface area is 147 Å². The van der Waals surface area contributed by atoms with Crippen LogP contribution in [0, 0.1) is 5.92 Å². The van der Waals surface area contributed by atoms with Crippen molar-refractivity contribution in [3.8, 4) is 5.75 Å². The molecule has 1 aromatic rings. The molecule has 0 spiro atoms. The fourth-order valence-corrected chi connectivity index (χ4v) is 2.98. The molecule has 1 heterocycles. The number of carbonyl (C=O) groups excluding carboxylic acids is 1. The Balaban J connectivity index is 1.70. The molecule has 1 aliphatic heterocycles. The highest BCUT2D eigenvalue weighted by Gasteiger charge is 2.24. The van der Waals surface area contributed by atoms with Crippen molar-refractivity contribution in [1.29, 1.82) is 0 Å². The fourth-order valence-electron chi connectivity index (χ4n) is 2.86. The molecule has 1 aromatic carbocycles. The van der Waals surface area contributed by atoms with Crippen molar-refractivity contribution in [2.45, 2.75) is 45.1 Å². The lowest BCUT2D eigenvalue weighted by Crippen LogP contribution is -2.41. The van der Waals surface area contributed by atoms with Crippen LogP contribution in [0.15, 0.2) is 24.3 Å². The van der Waals surface area contributed by atoms with Crippen molar-refractivity contribution in [3.05, 3.63) is 29.3 Å². The summed E-state index contributed by atoms with van der Waals surface area (Å²) in [6.45, 7) is 3.24. The first-order valence-corrected chi connectivity index (χ1v) is 8.73. The minimum Gasteiger partial charge on any atom is -0.490 e. The summed E-state index contributed by atoms with van der Waals surface area (Å²) in [6, 6.07) is 7.30. The maximum absolute atomic E-state index is 12.2. The number of ether oxygens (including phenoxy) is 1. The third-order valence-corrected chi connectivity index (χ3v) is 4.54. The van der Waals surface area contributed by atoms with Gasteiger partial charge in [0, 0.05) is 43.8 Å². The molecular formula is C18H24ClNO4. The largest absolute Gasteiger partial charge is 0.490 e. The summed E-state index contributed by atoms with van der Waals surface area (Å²) in [7, 11) is 0. The smallest absolute Gasteiger partial charge is 0.303 e. The molecule has 0 aliphatic carbocycles. The second-order valence-corrected chi connectivity index (χ2v) is 6.83. The van der Waals surface area contributed by atoms with E-state index in [9.17, 15) is 9.59 Å². The lowest BCUT2D eigenvalue weighted by atomic mass is 10.0. The number of rotatable bonds is 7. The summed E-state index contributed by atoms with van der Waals surface area (Å²) in [5.74, 6) is 0.121. The summed E-state index contributed by atoms with van der Waals surface area (Å²) in [4.78, 5) is 24.7. The number of amides is 1. The van der Waals surface area contributed by atoms with Crippen molar-refractivity contribution in [3.63, 3.8) is 0 Å². The topological polar surface area (TPSA) is 66.8 Å². The van der Waals surface area contributed by atoms with Gasteiger partial charge in [0.15, 0.2) is 0 Å². The number of hydrogen-bond acceptors (Lipinski definition) is 3. The number of carboxylic acid groups (broad SMARTS) is 1. The third-order valence-electron chi connectivity index (χ3n) is 4.29. The standard InChI is InChI=1S/C18H24ClNO4/c1-13(12-18(22)23)2-7-17(21)20-10-8-16(9-11-20)24-15-5-3-14(19)4-6-15/h3-6,13,16H,2,7-12H2,1H3,(H,22,23). The van der Waals surface area contributed by atoms with E-state index in [1.807, 2.05) is 24.0 Å². The SMILES string of the molecule is CC(CCC(=O)N1CCC(Oc2ccc(Cl)cc2)CC1)CC(=O)O. The zero-order chi connectivity index (χ0) is 17.5. The van der Waals surface area contributed by atoms with Gasteiger partial charge in [0.1, 0.15) is 11.9 Å². The molecule has 0 radical (unpaired) electrons. The first-order valence-electron chi connectivity index (χ1n) is 8.36. The Morgan fingerprint density at radius 3 is 2.50 bits per heavy atom. The molecule has 5 nitrogen and oxygen atoms in total. The van der Waals surface area contributed by atoms with E-state index in [0.29, 0.717) is 31.0 Å². The van der Waals surface area contributed by atoms with Crippen molar-refractivity contribution in [2.24, 2.45) is 5.92 Å². The molecule has 1 amide bonds. The number of carboxylic acids is 1.